The van der Waals surface area contributed by atoms with Crippen LogP contribution in [0.1, 0.15) is 26.2 Å². The fourth-order valence-electron chi connectivity index (χ4n) is 0.584. The topological polar surface area (TPSA) is 52.0 Å². The Labute approximate surface area is 63.4 Å². The molecule has 0 saturated heterocycles. The summed E-state index contributed by atoms with van der Waals surface area (Å²) in [7, 11) is 0. The van der Waals surface area contributed by atoms with E-state index in [1.54, 1.807) is 0 Å². The van der Waals surface area contributed by atoms with Crippen molar-refractivity contribution in [2.45, 2.75) is 32.2 Å². The third kappa shape index (κ3) is 8.21. The first-order chi connectivity index (χ1) is 3.81. The van der Waals surface area contributed by atoms with E-state index in [9.17, 15) is 0 Å². The Kier molecular flexibility index (Phi) is 10.9. The zero-order chi connectivity index (χ0) is 6.41. The maximum atomic E-state index is 5.53. The van der Waals surface area contributed by atoms with Gasteiger partial charge in [-0.1, -0.05) is 19.8 Å². The van der Waals surface area contributed by atoms with Crippen LogP contribution in [0.15, 0.2) is 0 Å². The molecule has 0 spiro atoms. The summed E-state index contributed by atoms with van der Waals surface area (Å²) in [4.78, 5) is 0. The first kappa shape index (κ1) is 11.9. The van der Waals surface area contributed by atoms with E-state index in [0.29, 0.717) is 6.54 Å². The highest BCUT2D eigenvalue weighted by atomic mass is 35.5. The van der Waals surface area contributed by atoms with Gasteiger partial charge in [0.2, 0.25) is 0 Å². The highest BCUT2D eigenvalue weighted by Crippen LogP contribution is 1.95. The first-order valence-corrected chi connectivity index (χ1v) is 3.27. The standard InChI is InChI=1S/C6H16N2.ClH/c1-2-3-4-6(8)5-7;/h6H,2-5,7-8H2,1H3;1H. The fourth-order valence-corrected chi connectivity index (χ4v) is 0.584. The van der Waals surface area contributed by atoms with E-state index in [4.69, 9.17) is 11.5 Å². The monoisotopic (exact) mass is 152 g/mol. The van der Waals surface area contributed by atoms with Crippen molar-refractivity contribution in [1.82, 2.24) is 0 Å². The number of hydrogen-bond donors (Lipinski definition) is 2. The van der Waals surface area contributed by atoms with Crippen LogP contribution in [-0.2, 0) is 0 Å². The van der Waals surface area contributed by atoms with Crippen LogP contribution in [0.2, 0.25) is 0 Å². The average Bonchev–Trinajstić information content (AvgIpc) is 1.83. The van der Waals surface area contributed by atoms with E-state index in [0.717, 1.165) is 6.42 Å². The van der Waals surface area contributed by atoms with Gasteiger partial charge in [-0.2, -0.15) is 0 Å². The van der Waals surface area contributed by atoms with Gasteiger partial charge in [0.25, 0.3) is 0 Å². The van der Waals surface area contributed by atoms with Crippen molar-refractivity contribution in [3.05, 3.63) is 0 Å². The minimum absolute atomic E-state index is 0. The van der Waals surface area contributed by atoms with Gasteiger partial charge in [0.1, 0.15) is 0 Å². The summed E-state index contributed by atoms with van der Waals surface area (Å²) in [6, 6.07) is 0.231. The number of nitrogens with two attached hydrogens (primary N) is 2. The molecule has 58 valence electrons. The Morgan fingerprint density at radius 3 is 2.33 bits per heavy atom. The van der Waals surface area contributed by atoms with Gasteiger partial charge in [0.15, 0.2) is 0 Å². The second-order valence-electron chi connectivity index (χ2n) is 2.14. The normalized spacial score (nSPS) is 12.3. The number of rotatable bonds is 4. The van der Waals surface area contributed by atoms with E-state index < -0.39 is 0 Å². The fraction of sp³-hybridized carbons (Fsp3) is 1.00. The van der Waals surface area contributed by atoms with Crippen LogP contribution in [0.25, 0.3) is 0 Å². The molecule has 0 aromatic carbocycles. The summed E-state index contributed by atoms with van der Waals surface area (Å²) in [6.07, 6.45) is 3.50. The summed E-state index contributed by atoms with van der Waals surface area (Å²) >= 11 is 0. The minimum Gasteiger partial charge on any atom is -0.329 e. The van der Waals surface area contributed by atoms with Crippen LogP contribution in [0, 0.1) is 0 Å². The summed E-state index contributed by atoms with van der Waals surface area (Å²) in [5, 5.41) is 0. The lowest BCUT2D eigenvalue weighted by Gasteiger charge is -2.04. The molecule has 0 fully saturated rings. The molecule has 0 heterocycles. The number of hydrogen-bond acceptors (Lipinski definition) is 2. The van der Waals surface area contributed by atoms with Gasteiger partial charge >= 0.3 is 0 Å². The zero-order valence-electron chi connectivity index (χ0n) is 5.97. The lowest BCUT2D eigenvalue weighted by Crippen LogP contribution is -2.29. The molecule has 0 aromatic heterocycles. The Morgan fingerprint density at radius 1 is 1.44 bits per heavy atom. The Morgan fingerprint density at radius 2 is 2.00 bits per heavy atom. The summed E-state index contributed by atoms with van der Waals surface area (Å²) in [5.41, 5.74) is 10.8. The molecule has 0 aliphatic carbocycles. The van der Waals surface area contributed by atoms with Crippen LogP contribution < -0.4 is 11.5 Å². The van der Waals surface area contributed by atoms with E-state index in [1.807, 2.05) is 0 Å². The largest absolute Gasteiger partial charge is 0.329 e. The van der Waals surface area contributed by atoms with Gasteiger partial charge in [-0.15, -0.1) is 12.4 Å². The molecule has 9 heavy (non-hydrogen) atoms. The molecular formula is C6H17ClN2. The van der Waals surface area contributed by atoms with Crippen molar-refractivity contribution in [1.29, 1.82) is 0 Å². The van der Waals surface area contributed by atoms with Crippen molar-refractivity contribution < 1.29 is 0 Å². The van der Waals surface area contributed by atoms with Crippen molar-refractivity contribution in [2.24, 2.45) is 11.5 Å². The van der Waals surface area contributed by atoms with Gasteiger partial charge in [-0.25, -0.2) is 0 Å². The highest BCUT2D eigenvalue weighted by Gasteiger charge is 1.95. The third-order valence-electron chi connectivity index (χ3n) is 1.23. The molecule has 2 nitrogen and oxygen atoms in total. The molecule has 4 N–H and O–H groups in total. The lowest BCUT2D eigenvalue weighted by atomic mass is 10.1. The van der Waals surface area contributed by atoms with Crippen LogP contribution in [0.4, 0.5) is 0 Å². The van der Waals surface area contributed by atoms with Crippen molar-refractivity contribution in [3.63, 3.8) is 0 Å². The van der Waals surface area contributed by atoms with Crippen LogP contribution >= 0.6 is 12.4 Å². The molecule has 1 unspecified atom stereocenters. The molecule has 0 aliphatic heterocycles. The molecular weight excluding hydrogens is 136 g/mol. The summed E-state index contributed by atoms with van der Waals surface area (Å²) < 4.78 is 0. The molecule has 3 heteroatoms. The summed E-state index contributed by atoms with van der Waals surface area (Å²) in [6.45, 7) is 2.78. The van der Waals surface area contributed by atoms with Gasteiger partial charge in [0, 0.05) is 12.6 Å². The average molecular weight is 153 g/mol. The molecule has 0 amide bonds. The second-order valence-corrected chi connectivity index (χ2v) is 2.14. The lowest BCUT2D eigenvalue weighted by molar-refractivity contribution is 0.584. The Hall–Kier alpha value is 0.210. The first-order valence-electron chi connectivity index (χ1n) is 3.27. The molecule has 0 saturated carbocycles. The molecule has 0 aliphatic rings. The SMILES string of the molecule is CCCCC(N)CN.Cl. The van der Waals surface area contributed by atoms with Crippen molar-refractivity contribution in [3.8, 4) is 0 Å². The zero-order valence-corrected chi connectivity index (χ0v) is 6.79. The molecule has 0 bridgehead atoms. The smallest absolute Gasteiger partial charge is 0.0163 e. The highest BCUT2D eigenvalue weighted by molar-refractivity contribution is 5.85. The van der Waals surface area contributed by atoms with Crippen LogP contribution in [0.3, 0.4) is 0 Å². The number of halogens is 1. The molecule has 1 atom stereocenters. The molecule has 0 aromatic rings. The van der Waals surface area contributed by atoms with Crippen molar-refractivity contribution >= 4 is 12.4 Å². The van der Waals surface area contributed by atoms with Crippen LogP contribution in [0.5, 0.6) is 0 Å². The van der Waals surface area contributed by atoms with Crippen molar-refractivity contribution in [2.75, 3.05) is 6.54 Å². The van der Waals surface area contributed by atoms with Gasteiger partial charge in [-0.3, -0.25) is 0 Å². The third-order valence-corrected chi connectivity index (χ3v) is 1.23. The molecule has 0 rings (SSSR count). The van der Waals surface area contributed by atoms with Gasteiger partial charge in [0.05, 0.1) is 0 Å². The predicted molar refractivity (Wildman–Crippen MR) is 43.8 cm³/mol. The van der Waals surface area contributed by atoms with E-state index >= 15 is 0 Å². The predicted octanol–water partition coefficient (Wildman–Crippen LogP) is 0.884. The minimum atomic E-state index is 0. The van der Waals surface area contributed by atoms with Gasteiger partial charge < -0.3 is 11.5 Å². The number of unbranched alkanes of at least 4 members (excludes halogenated alkanes) is 1. The van der Waals surface area contributed by atoms with E-state index in [1.165, 1.54) is 12.8 Å². The maximum Gasteiger partial charge on any atom is 0.0163 e. The van der Waals surface area contributed by atoms with E-state index in [2.05, 4.69) is 6.92 Å². The summed E-state index contributed by atoms with van der Waals surface area (Å²) in [5.74, 6) is 0. The van der Waals surface area contributed by atoms with Crippen LogP contribution in [-0.4, -0.2) is 12.6 Å². The van der Waals surface area contributed by atoms with Gasteiger partial charge in [-0.05, 0) is 6.42 Å². The van der Waals surface area contributed by atoms with E-state index in [-0.39, 0.29) is 18.4 Å². The Balaban J connectivity index is 0. The second kappa shape index (κ2) is 8.21. The Bertz CT molecular complexity index is 50.3. The maximum absolute atomic E-state index is 5.53. The quantitative estimate of drug-likeness (QED) is 0.629. The molecule has 0 radical (unpaired) electrons.